The van der Waals surface area contributed by atoms with Gasteiger partial charge in [-0.15, -0.1) is 0 Å². The van der Waals surface area contributed by atoms with E-state index in [2.05, 4.69) is 4.84 Å². The number of piperazine rings is 1. The number of alkyl halides is 6. The summed E-state index contributed by atoms with van der Waals surface area (Å²) < 4.78 is 92.8. The Morgan fingerprint density at radius 3 is 2.29 bits per heavy atom. The summed E-state index contributed by atoms with van der Waals surface area (Å²) in [5, 5.41) is 1.42. The summed E-state index contributed by atoms with van der Waals surface area (Å²) in [7, 11) is 0. The van der Waals surface area contributed by atoms with Crippen LogP contribution in [0.15, 0.2) is 29.1 Å². The molecule has 1 aromatic heterocycles. The summed E-state index contributed by atoms with van der Waals surface area (Å²) in [6, 6.07) is 3.09. The van der Waals surface area contributed by atoms with Gasteiger partial charge in [-0.1, -0.05) is 30.4 Å². The van der Waals surface area contributed by atoms with Crippen LogP contribution in [0.4, 0.5) is 30.7 Å². The van der Waals surface area contributed by atoms with Gasteiger partial charge in [0.15, 0.2) is 0 Å². The lowest BCUT2D eigenvalue weighted by atomic mass is 9.93. The standard InChI is InChI=1S/C25H23F7N4O5/c26-19-7-6-14(10-16-12-18(24(27,28)29)21(38)33-36(16)41-23(40)25(30,31)32)11-17(19)22(39)34-8-9-35(20(37)13-34)15-4-2-1-3-5-15/h6-7,11-12,15H,1-5,8-10,13H2/p+1. The van der Waals surface area contributed by atoms with Crippen molar-refractivity contribution < 1.29 is 54.8 Å². The molecule has 2 fully saturated rings. The Morgan fingerprint density at radius 1 is 1.00 bits per heavy atom. The molecule has 1 aliphatic heterocycles. The Labute approximate surface area is 227 Å². The zero-order valence-electron chi connectivity index (χ0n) is 21.3. The monoisotopic (exact) mass is 593 g/mol. The van der Waals surface area contributed by atoms with E-state index in [0.717, 1.165) is 55.2 Å². The highest BCUT2D eigenvalue weighted by molar-refractivity contribution is 5.97. The third kappa shape index (κ3) is 6.85. The average molecular weight is 593 g/mol. The number of carbonyl (C=O) groups excluding carboxylic acids is 3. The molecule has 0 atom stereocenters. The molecule has 1 aromatic carbocycles. The Balaban J connectivity index is 1.59. The lowest BCUT2D eigenvalue weighted by Crippen LogP contribution is -2.58. The van der Waals surface area contributed by atoms with Gasteiger partial charge in [-0.05, 0) is 30.5 Å². The van der Waals surface area contributed by atoms with E-state index in [-0.39, 0.29) is 48.1 Å². The number of aromatic amines is 1. The normalized spacial score (nSPS) is 17.1. The van der Waals surface area contributed by atoms with Gasteiger partial charge in [-0.25, -0.2) is 9.18 Å². The van der Waals surface area contributed by atoms with E-state index in [1.165, 1.54) is 5.10 Å². The quantitative estimate of drug-likeness (QED) is 0.424. The van der Waals surface area contributed by atoms with Crippen LogP contribution >= 0.6 is 0 Å². The maximum atomic E-state index is 14.7. The average Bonchev–Trinajstić information content (AvgIpc) is 2.90. The molecule has 2 amide bonds. The lowest BCUT2D eigenvalue weighted by Gasteiger charge is -2.40. The maximum Gasteiger partial charge on any atom is 0.498 e. The maximum absolute atomic E-state index is 14.7. The van der Waals surface area contributed by atoms with Crippen molar-refractivity contribution in [2.75, 3.05) is 19.6 Å². The van der Waals surface area contributed by atoms with Gasteiger partial charge in [0, 0.05) is 25.2 Å². The first-order chi connectivity index (χ1) is 19.1. The highest BCUT2D eigenvalue weighted by atomic mass is 19.4. The van der Waals surface area contributed by atoms with Crippen molar-refractivity contribution in [3.63, 3.8) is 0 Å². The number of benzene rings is 1. The van der Waals surface area contributed by atoms with Crippen molar-refractivity contribution in [3.8, 4) is 0 Å². The van der Waals surface area contributed by atoms with Crippen molar-refractivity contribution in [2.45, 2.75) is 56.9 Å². The fourth-order valence-corrected chi connectivity index (χ4v) is 4.93. The van der Waals surface area contributed by atoms with Crippen molar-refractivity contribution >= 4 is 17.8 Å². The minimum atomic E-state index is -5.54. The number of rotatable bonds is 5. The number of nitrogens with one attached hydrogen (secondary N) is 1. The number of hydrogen-bond donors (Lipinski definition) is 1. The molecular formula is C25H24F7N4O5+. The van der Waals surface area contributed by atoms with Crippen LogP contribution in [0, 0.1) is 5.82 Å². The number of amides is 2. The van der Waals surface area contributed by atoms with Crippen LogP contribution in [-0.2, 0) is 22.2 Å². The predicted molar refractivity (Wildman–Crippen MR) is 124 cm³/mol. The highest BCUT2D eigenvalue weighted by Gasteiger charge is 2.46. The van der Waals surface area contributed by atoms with Gasteiger partial charge in [0.05, 0.1) is 12.0 Å². The molecule has 1 saturated heterocycles. The largest absolute Gasteiger partial charge is 0.498 e. The lowest BCUT2D eigenvalue weighted by molar-refractivity contribution is -0.921. The van der Waals surface area contributed by atoms with Gasteiger partial charge in [0.1, 0.15) is 22.8 Å². The minimum Gasteiger partial charge on any atom is -0.336 e. The number of carbonyl (C=O) groups is 3. The molecule has 2 aromatic rings. The molecule has 41 heavy (non-hydrogen) atoms. The van der Waals surface area contributed by atoms with Gasteiger partial charge in [0.25, 0.3) is 11.6 Å². The second-order valence-corrected chi connectivity index (χ2v) is 9.76. The third-order valence-electron chi connectivity index (χ3n) is 6.94. The van der Waals surface area contributed by atoms with E-state index in [0.29, 0.717) is 0 Å². The van der Waals surface area contributed by atoms with E-state index in [1.54, 1.807) is 4.90 Å². The Bertz CT molecular complexity index is 1400. The minimum absolute atomic E-state index is 0.0705. The summed E-state index contributed by atoms with van der Waals surface area (Å²) in [6.07, 6.45) is -6.71. The molecule has 0 bridgehead atoms. The molecule has 4 rings (SSSR count). The van der Waals surface area contributed by atoms with E-state index < -0.39 is 58.8 Å². The van der Waals surface area contributed by atoms with Crippen LogP contribution in [-0.4, -0.2) is 64.5 Å². The van der Waals surface area contributed by atoms with Gasteiger partial charge in [0.2, 0.25) is 5.91 Å². The molecule has 1 N–H and O–H groups in total. The molecule has 0 unspecified atom stereocenters. The number of H-pyrrole nitrogens is 1. The first-order valence-corrected chi connectivity index (χ1v) is 12.6. The fourth-order valence-electron chi connectivity index (χ4n) is 4.93. The summed E-state index contributed by atoms with van der Waals surface area (Å²) in [6.45, 7) is 0.0625. The summed E-state index contributed by atoms with van der Waals surface area (Å²) >= 11 is 0. The highest BCUT2D eigenvalue weighted by Crippen LogP contribution is 2.27. The number of hydrogen-bond acceptors (Lipinski definition) is 5. The second kappa shape index (κ2) is 11.5. The first-order valence-electron chi connectivity index (χ1n) is 12.6. The van der Waals surface area contributed by atoms with Crippen LogP contribution in [0.1, 0.15) is 59.3 Å². The summed E-state index contributed by atoms with van der Waals surface area (Å²) in [5.41, 5.74) is -5.04. The van der Waals surface area contributed by atoms with E-state index in [9.17, 15) is 49.9 Å². The number of aromatic nitrogens is 2. The predicted octanol–water partition coefficient (Wildman–Crippen LogP) is 2.55. The molecular weight excluding hydrogens is 569 g/mol. The SMILES string of the molecule is O=C(c1cc(Cc2cc(C(F)(F)F)c(=O)[nH][n+]2OC(=O)C(F)(F)F)ccc1F)N1CCN(C2CCCCC2)C(=O)C1. The Morgan fingerprint density at radius 2 is 1.68 bits per heavy atom. The molecule has 2 heterocycles. The molecule has 2 aliphatic rings. The second-order valence-electron chi connectivity index (χ2n) is 9.76. The van der Waals surface area contributed by atoms with Gasteiger partial charge in [-0.2, -0.15) is 31.2 Å². The number of nitrogens with zero attached hydrogens (tertiary/aromatic N) is 3. The topological polar surface area (TPSA) is 104 Å². The van der Waals surface area contributed by atoms with Crippen molar-refractivity contribution in [2.24, 2.45) is 0 Å². The van der Waals surface area contributed by atoms with E-state index >= 15 is 0 Å². The smallest absolute Gasteiger partial charge is 0.336 e. The molecule has 0 radical (unpaired) electrons. The van der Waals surface area contributed by atoms with E-state index in [4.69, 9.17) is 0 Å². The van der Waals surface area contributed by atoms with E-state index in [1.807, 2.05) is 0 Å². The van der Waals surface area contributed by atoms with Crippen LogP contribution < -0.4 is 15.2 Å². The molecule has 9 nitrogen and oxygen atoms in total. The van der Waals surface area contributed by atoms with Crippen LogP contribution in [0.2, 0.25) is 0 Å². The molecule has 16 heteroatoms. The molecule has 0 spiro atoms. The van der Waals surface area contributed by atoms with Crippen LogP contribution in [0.5, 0.6) is 0 Å². The molecule has 1 saturated carbocycles. The zero-order valence-corrected chi connectivity index (χ0v) is 21.3. The van der Waals surface area contributed by atoms with Crippen LogP contribution in [0.3, 0.4) is 0 Å². The number of halogens is 7. The third-order valence-corrected chi connectivity index (χ3v) is 6.94. The molecule has 1 aliphatic carbocycles. The molecule has 222 valence electrons. The van der Waals surface area contributed by atoms with Gasteiger partial charge >= 0.3 is 23.9 Å². The van der Waals surface area contributed by atoms with Crippen molar-refractivity contribution in [1.82, 2.24) is 14.9 Å². The Hall–Kier alpha value is -3.98. The summed E-state index contributed by atoms with van der Waals surface area (Å²) in [4.78, 5) is 55.7. The Kier molecular flexibility index (Phi) is 8.40. The zero-order chi connectivity index (χ0) is 30.1. The van der Waals surface area contributed by atoms with Gasteiger partial charge < -0.3 is 9.80 Å². The summed E-state index contributed by atoms with van der Waals surface area (Å²) in [5.74, 6) is -5.00. The van der Waals surface area contributed by atoms with Gasteiger partial charge in [-0.3, -0.25) is 14.4 Å². The van der Waals surface area contributed by atoms with Crippen molar-refractivity contribution in [3.05, 3.63) is 62.8 Å². The van der Waals surface area contributed by atoms with Crippen molar-refractivity contribution in [1.29, 1.82) is 0 Å². The first kappa shape index (κ1) is 30.0. The fraction of sp³-hybridized carbons (Fsp3) is 0.480. The van der Waals surface area contributed by atoms with Crippen LogP contribution in [0.25, 0.3) is 0 Å².